The standard InChI is InChI=1S/C12H19NO/c1-10-5-3-7-12(9-10)13-11(2)6-4-8-14/h3,5,7,9,11,13-14H,4,6,8H2,1-2H3. The Labute approximate surface area is 86.0 Å². The largest absolute Gasteiger partial charge is 0.396 e. The van der Waals surface area contributed by atoms with Crippen LogP contribution < -0.4 is 5.32 Å². The number of aryl methyl sites for hydroxylation is 1. The van der Waals surface area contributed by atoms with E-state index in [2.05, 4.69) is 43.4 Å². The number of rotatable bonds is 5. The molecule has 0 radical (unpaired) electrons. The van der Waals surface area contributed by atoms with Gasteiger partial charge < -0.3 is 10.4 Å². The van der Waals surface area contributed by atoms with Crippen molar-refractivity contribution in [3.05, 3.63) is 29.8 Å². The van der Waals surface area contributed by atoms with Gasteiger partial charge in [0.2, 0.25) is 0 Å². The van der Waals surface area contributed by atoms with Crippen molar-refractivity contribution >= 4 is 5.69 Å². The lowest BCUT2D eigenvalue weighted by Crippen LogP contribution is -2.15. The minimum absolute atomic E-state index is 0.278. The maximum absolute atomic E-state index is 8.70. The third kappa shape index (κ3) is 3.79. The molecule has 1 unspecified atom stereocenters. The molecule has 2 N–H and O–H groups in total. The Morgan fingerprint density at radius 3 is 2.86 bits per heavy atom. The number of benzene rings is 1. The van der Waals surface area contributed by atoms with Crippen LogP contribution >= 0.6 is 0 Å². The number of aliphatic hydroxyl groups excluding tert-OH is 1. The van der Waals surface area contributed by atoms with Crippen LogP contribution in [0.4, 0.5) is 5.69 Å². The van der Waals surface area contributed by atoms with Crippen LogP contribution in [-0.4, -0.2) is 17.8 Å². The molecule has 0 aliphatic carbocycles. The van der Waals surface area contributed by atoms with Gasteiger partial charge in [-0.2, -0.15) is 0 Å². The molecule has 2 heteroatoms. The molecule has 0 spiro atoms. The monoisotopic (exact) mass is 193 g/mol. The van der Waals surface area contributed by atoms with Gasteiger partial charge in [0.1, 0.15) is 0 Å². The molecular weight excluding hydrogens is 174 g/mol. The highest BCUT2D eigenvalue weighted by molar-refractivity contribution is 5.45. The van der Waals surface area contributed by atoms with E-state index in [4.69, 9.17) is 5.11 Å². The summed E-state index contributed by atoms with van der Waals surface area (Å²) in [6.07, 6.45) is 1.87. The molecule has 1 aromatic rings. The van der Waals surface area contributed by atoms with Crippen LogP contribution in [0.2, 0.25) is 0 Å². The highest BCUT2D eigenvalue weighted by atomic mass is 16.2. The summed E-state index contributed by atoms with van der Waals surface area (Å²) in [5.74, 6) is 0. The summed E-state index contributed by atoms with van der Waals surface area (Å²) in [6.45, 7) is 4.50. The minimum Gasteiger partial charge on any atom is -0.396 e. The molecule has 78 valence electrons. The molecule has 0 aliphatic heterocycles. The summed E-state index contributed by atoms with van der Waals surface area (Å²) in [5, 5.41) is 12.1. The zero-order valence-corrected chi connectivity index (χ0v) is 8.96. The first-order valence-electron chi connectivity index (χ1n) is 5.16. The van der Waals surface area contributed by atoms with Crippen LogP contribution in [0.3, 0.4) is 0 Å². The Balaban J connectivity index is 2.43. The summed E-state index contributed by atoms with van der Waals surface area (Å²) in [7, 11) is 0. The van der Waals surface area contributed by atoms with Gasteiger partial charge in [-0.05, 0) is 44.4 Å². The van der Waals surface area contributed by atoms with Gasteiger partial charge in [0, 0.05) is 18.3 Å². The van der Waals surface area contributed by atoms with E-state index < -0.39 is 0 Å². The minimum atomic E-state index is 0.278. The van der Waals surface area contributed by atoms with Crippen molar-refractivity contribution in [2.45, 2.75) is 32.7 Å². The van der Waals surface area contributed by atoms with E-state index >= 15 is 0 Å². The second-order valence-electron chi connectivity index (χ2n) is 3.78. The van der Waals surface area contributed by atoms with Crippen molar-refractivity contribution in [3.63, 3.8) is 0 Å². The van der Waals surface area contributed by atoms with Gasteiger partial charge in [-0.25, -0.2) is 0 Å². The maximum atomic E-state index is 8.70. The first-order chi connectivity index (χ1) is 6.72. The van der Waals surface area contributed by atoms with Crippen molar-refractivity contribution in [1.82, 2.24) is 0 Å². The van der Waals surface area contributed by atoms with E-state index in [9.17, 15) is 0 Å². The van der Waals surface area contributed by atoms with Crippen LogP contribution in [0.15, 0.2) is 24.3 Å². The van der Waals surface area contributed by atoms with Gasteiger partial charge >= 0.3 is 0 Å². The fraction of sp³-hybridized carbons (Fsp3) is 0.500. The normalized spacial score (nSPS) is 12.5. The van der Waals surface area contributed by atoms with E-state index in [1.165, 1.54) is 5.56 Å². The van der Waals surface area contributed by atoms with E-state index in [1.807, 2.05) is 0 Å². The maximum Gasteiger partial charge on any atom is 0.0431 e. The zero-order chi connectivity index (χ0) is 10.4. The Kier molecular flexibility index (Phi) is 4.47. The topological polar surface area (TPSA) is 32.3 Å². The van der Waals surface area contributed by atoms with Gasteiger partial charge in [-0.15, -0.1) is 0 Å². The molecule has 14 heavy (non-hydrogen) atoms. The molecule has 0 saturated carbocycles. The summed E-state index contributed by atoms with van der Waals surface area (Å²) in [5.41, 5.74) is 2.43. The van der Waals surface area contributed by atoms with Gasteiger partial charge in [0.05, 0.1) is 0 Å². The second kappa shape index (κ2) is 5.66. The van der Waals surface area contributed by atoms with Crippen molar-refractivity contribution in [2.75, 3.05) is 11.9 Å². The van der Waals surface area contributed by atoms with E-state index in [-0.39, 0.29) is 6.61 Å². The number of anilines is 1. The zero-order valence-electron chi connectivity index (χ0n) is 8.96. The highest BCUT2D eigenvalue weighted by Gasteiger charge is 2.00. The number of aliphatic hydroxyl groups is 1. The van der Waals surface area contributed by atoms with Crippen LogP contribution in [0, 0.1) is 6.92 Å². The third-order valence-electron chi connectivity index (χ3n) is 2.23. The van der Waals surface area contributed by atoms with E-state index in [1.54, 1.807) is 0 Å². The van der Waals surface area contributed by atoms with E-state index in [0.717, 1.165) is 18.5 Å². The van der Waals surface area contributed by atoms with Crippen LogP contribution in [0.25, 0.3) is 0 Å². The van der Waals surface area contributed by atoms with Crippen molar-refractivity contribution in [2.24, 2.45) is 0 Å². The van der Waals surface area contributed by atoms with Crippen molar-refractivity contribution < 1.29 is 5.11 Å². The Hall–Kier alpha value is -1.02. The van der Waals surface area contributed by atoms with Gasteiger partial charge in [-0.1, -0.05) is 12.1 Å². The number of hydrogen-bond acceptors (Lipinski definition) is 2. The van der Waals surface area contributed by atoms with Crippen molar-refractivity contribution in [1.29, 1.82) is 0 Å². The predicted molar refractivity (Wildman–Crippen MR) is 60.6 cm³/mol. The quantitative estimate of drug-likeness (QED) is 0.753. The summed E-state index contributed by atoms with van der Waals surface area (Å²) < 4.78 is 0. The van der Waals surface area contributed by atoms with Gasteiger partial charge in [0.15, 0.2) is 0 Å². The van der Waals surface area contributed by atoms with Gasteiger partial charge in [-0.3, -0.25) is 0 Å². The first-order valence-corrected chi connectivity index (χ1v) is 5.16. The molecule has 2 nitrogen and oxygen atoms in total. The highest BCUT2D eigenvalue weighted by Crippen LogP contribution is 2.12. The van der Waals surface area contributed by atoms with Crippen LogP contribution in [-0.2, 0) is 0 Å². The first kappa shape index (κ1) is 11.1. The lowest BCUT2D eigenvalue weighted by molar-refractivity contribution is 0.282. The Bertz CT molecular complexity index is 273. The van der Waals surface area contributed by atoms with E-state index in [0.29, 0.717) is 6.04 Å². The SMILES string of the molecule is Cc1cccc(NC(C)CCCO)c1. The molecule has 0 amide bonds. The molecule has 1 atom stereocenters. The molecular formula is C12H19NO. The predicted octanol–water partition coefficient (Wildman–Crippen LogP) is 2.57. The fourth-order valence-electron chi connectivity index (χ4n) is 1.49. The number of nitrogens with one attached hydrogen (secondary N) is 1. The lowest BCUT2D eigenvalue weighted by Gasteiger charge is -2.14. The van der Waals surface area contributed by atoms with Crippen molar-refractivity contribution in [3.8, 4) is 0 Å². The second-order valence-corrected chi connectivity index (χ2v) is 3.78. The summed E-state index contributed by atoms with van der Waals surface area (Å²) >= 11 is 0. The lowest BCUT2D eigenvalue weighted by atomic mass is 10.1. The molecule has 0 aliphatic rings. The molecule has 0 bridgehead atoms. The Morgan fingerprint density at radius 1 is 1.43 bits per heavy atom. The average Bonchev–Trinajstić information content (AvgIpc) is 2.15. The average molecular weight is 193 g/mol. The molecule has 0 saturated heterocycles. The Morgan fingerprint density at radius 2 is 2.21 bits per heavy atom. The number of hydrogen-bond donors (Lipinski definition) is 2. The summed E-state index contributed by atoms with van der Waals surface area (Å²) in [6, 6.07) is 8.77. The van der Waals surface area contributed by atoms with Gasteiger partial charge in [0.25, 0.3) is 0 Å². The molecule has 1 rings (SSSR count). The molecule has 0 heterocycles. The molecule has 1 aromatic carbocycles. The molecule has 0 aromatic heterocycles. The van der Waals surface area contributed by atoms with Crippen LogP contribution in [0.5, 0.6) is 0 Å². The fourth-order valence-corrected chi connectivity index (χ4v) is 1.49. The third-order valence-corrected chi connectivity index (χ3v) is 2.23. The smallest absolute Gasteiger partial charge is 0.0431 e. The molecule has 0 fully saturated rings. The summed E-state index contributed by atoms with van der Waals surface area (Å²) in [4.78, 5) is 0. The van der Waals surface area contributed by atoms with Crippen LogP contribution in [0.1, 0.15) is 25.3 Å².